The Kier molecular flexibility index (Phi) is 8.27. The van der Waals surface area contributed by atoms with Gasteiger partial charge in [-0.3, -0.25) is 10.4 Å². The van der Waals surface area contributed by atoms with Gasteiger partial charge in [0.05, 0.1) is 6.54 Å². The molecule has 13 heteroatoms. The molecule has 11 nitrogen and oxygen atoms in total. The number of amidine groups is 2. The quantitative estimate of drug-likeness (QED) is 0.131. The number of carboxylic acid groups (broad SMARTS) is 1. The molecule has 0 atom stereocenters. The van der Waals surface area contributed by atoms with E-state index >= 15 is 8.78 Å². The number of phenolic OH excluding ortho intramolecular Hbond substituents is 1. The maximum atomic E-state index is 16.5. The van der Waals surface area contributed by atoms with Crippen molar-refractivity contribution in [2.45, 2.75) is 19.4 Å². The third-order valence-corrected chi connectivity index (χ3v) is 7.16. The molecule has 0 saturated heterocycles. The zero-order valence-corrected chi connectivity index (χ0v) is 24.6. The van der Waals surface area contributed by atoms with Crippen molar-refractivity contribution in [3.8, 4) is 29.0 Å². The molecule has 232 valence electrons. The molecular formula is C32H30F2N6O5. The van der Waals surface area contributed by atoms with Crippen molar-refractivity contribution in [1.82, 2.24) is 9.88 Å². The number of aliphatic carboxylic acids is 1. The normalized spacial score (nSPS) is 12.9. The molecule has 0 spiro atoms. The Labute approximate surface area is 257 Å². The minimum Gasteiger partial charge on any atom is -0.504 e. The largest absolute Gasteiger partial charge is 0.504 e. The van der Waals surface area contributed by atoms with Gasteiger partial charge < -0.3 is 35.2 Å². The molecule has 1 aromatic heterocycles. The Morgan fingerprint density at radius 3 is 2.33 bits per heavy atom. The Balaban J connectivity index is 1.71. The van der Waals surface area contributed by atoms with Gasteiger partial charge in [0.25, 0.3) is 11.8 Å². The van der Waals surface area contributed by atoms with Crippen LogP contribution in [0.3, 0.4) is 0 Å². The van der Waals surface area contributed by atoms with E-state index in [1.165, 1.54) is 44.2 Å². The fraction of sp³-hybridized carbons (Fsp3) is 0.188. The summed E-state index contributed by atoms with van der Waals surface area (Å²) in [6.07, 6.45) is 0. The van der Waals surface area contributed by atoms with E-state index in [0.29, 0.717) is 17.9 Å². The number of anilines is 2. The van der Waals surface area contributed by atoms with Gasteiger partial charge >= 0.3 is 5.97 Å². The highest BCUT2D eigenvalue weighted by Gasteiger charge is 2.41. The van der Waals surface area contributed by atoms with E-state index in [4.69, 9.17) is 20.6 Å². The summed E-state index contributed by atoms with van der Waals surface area (Å²) in [5.74, 6) is -5.93. The van der Waals surface area contributed by atoms with Crippen LogP contribution in [0.25, 0.3) is 0 Å². The lowest BCUT2D eigenvalue weighted by molar-refractivity contribution is -0.141. The van der Waals surface area contributed by atoms with Gasteiger partial charge in [-0.2, -0.15) is 13.8 Å². The first-order valence-corrected chi connectivity index (χ1v) is 13.7. The molecule has 45 heavy (non-hydrogen) atoms. The maximum Gasteiger partial charge on any atom is 0.329 e. The lowest BCUT2D eigenvalue weighted by Crippen LogP contribution is -2.48. The van der Waals surface area contributed by atoms with Crippen LogP contribution in [0.4, 0.5) is 20.2 Å². The lowest BCUT2D eigenvalue weighted by Gasteiger charge is -2.37. The molecule has 0 bridgehead atoms. The van der Waals surface area contributed by atoms with E-state index < -0.39 is 46.3 Å². The van der Waals surface area contributed by atoms with E-state index in [2.05, 4.69) is 9.98 Å². The third kappa shape index (κ3) is 6.05. The number of hydrogen-bond acceptors (Lipinski definition) is 9. The first kappa shape index (κ1) is 30.7. The number of ether oxygens (including phenoxy) is 2. The number of hydrogen-bond donors (Lipinski definition) is 4. The number of benzene rings is 3. The van der Waals surface area contributed by atoms with Crippen LogP contribution in [0.1, 0.15) is 25.0 Å². The van der Waals surface area contributed by atoms with Crippen LogP contribution in [0.2, 0.25) is 0 Å². The molecule has 0 amide bonds. The summed E-state index contributed by atoms with van der Waals surface area (Å²) in [5.41, 5.74) is 3.83. The minimum absolute atomic E-state index is 0.135. The van der Waals surface area contributed by atoms with Gasteiger partial charge in [-0.1, -0.05) is 30.3 Å². The highest BCUT2D eigenvalue weighted by atomic mass is 19.1. The Hall–Kier alpha value is -5.72. The lowest BCUT2D eigenvalue weighted by atomic mass is 10.00. The van der Waals surface area contributed by atoms with Crippen molar-refractivity contribution >= 4 is 29.0 Å². The van der Waals surface area contributed by atoms with E-state index in [9.17, 15) is 15.0 Å². The molecule has 4 aromatic rings. The second-order valence-electron chi connectivity index (χ2n) is 10.7. The summed E-state index contributed by atoms with van der Waals surface area (Å²) in [7, 11) is 1.88. The van der Waals surface area contributed by atoms with Gasteiger partial charge in [0, 0.05) is 30.4 Å². The van der Waals surface area contributed by atoms with Crippen LogP contribution in [0.15, 0.2) is 77.8 Å². The number of para-hydroxylation sites is 1. The number of aliphatic imine (C=N–C) groups is 1. The zero-order chi connectivity index (χ0) is 32.5. The number of aromatic nitrogens is 1. The van der Waals surface area contributed by atoms with Crippen molar-refractivity contribution in [1.29, 1.82) is 5.41 Å². The molecular weight excluding hydrogens is 586 g/mol. The number of carbonyl (C=O) groups is 1. The van der Waals surface area contributed by atoms with Crippen LogP contribution in [-0.2, 0) is 4.79 Å². The van der Waals surface area contributed by atoms with E-state index in [1.54, 1.807) is 42.5 Å². The minimum atomic E-state index is -1.90. The predicted octanol–water partition coefficient (Wildman–Crippen LogP) is 5.63. The Morgan fingerprint density at radius 1 is 1.02 bits per heavy atom. The summed E-state index contributed by atoms with van der Waals surface area (Å²) in [4.78, 5) is 23.9. The summed E-state index contributed by atoms with van der Waals surface area (Å²) < 4.78 is 44.5. The molecule has 5 rings (SSSR count). The topological polar surface area (TPSA) is 158 Å². The Bertz CT molecular complexity index is 1820. The molecule has 0 aliphatic carbocycles. The van der Waals surface area contributed by atoms with Gasteiger partial charge in [0.15, 0.2) is 11.5 Å². The smallest absolute Gasteiger partial charge is 0.329 e. The molecule has 3 aromatic carbocycles. The monoisotopic (exact) mass is 616 g/mol. The number of rotatable bonds is 10. The van der Waals surface area contributed by atoms with E-state index in [0.717, 1.165) is 11.4 Å². The molecule has 1 aliphatic heterocycles. The summed E-state index contributed by atoms with van der Waals surface area (Å²) in [6.45, 7) is 3.91. The second kappa shape index (κ2) is 12.1. The molecule has 0 fully saturated rings. The number of nitrogens with one attached hydrogen (secondary N) is 1. The van der Waals surface area contributed by atoms with Gasteiger partial charge in [-0.25, -0.2) is 4.79 Å². The first-order chi connectivity index (χ1) is 21.4. The van der Waals surface area contributed by atoms with Crippen molar-refractivity contribution in [3.63, 3.8) is 0 Å². The maximum absolute atomic E-state index is 16.5. The van der Waals surface area contributed by atoms with Crippen LogP contribution < -0.4 is 20.1 Å². The number of nitrogens with two attached hydrogens (primary N) is 1. The van der Waals surface area contributed by atoms with Crippen molar-refractivity contribution in [2.24, 2.45) is 10.7 Å². The number of nitrogens with zero attached hydrogens (tertiary/aromatic N) is 4. The summed E-state index contributed by atoms with van der Waals surface area (Å²) in [5, 5.41) is 28.3. The SMILES string of the molecule is CN1CCN=C1c1cccc(Oc2nc(Oc3cc(C(=N)N)ccc3O)c(F)c(N(c3ccccc3)C(C)(C)C(=O)O)c2F)c1. The number of likely N-dealkylation sites (N-methyl/N-ethyl adjacent to an activating group) is 1. The standard InChI is InChI=1S/C32H30F2N6O5/c1-32(2,31(42)43)40(20-9-5-4-6-10-20)26-24(33)29(44-21-11-7-8-19(16-21)28-37-14-15-39(28)3)38-30(25(26)34)45-23-17-18(27(35)36)12-13-22(23)41/h4-13,16-17,41H,14-15H2,1-3H3,(H3,35,36)(H,42,43). The van der Waals surface area contributed by atoms with Crippen LogP contribution >= 0.6 is 0 Å². The number of pyridine rings is 1. The third-order valence-electron chi connectivity index (χ3n) is 7.16. The predicted molar refractivity (Wildman–Crippen MR) is 164 cm³/mol. The number of halogens is 2. The fourth-order valence-corrected chi connectivity index (χ4v) is 4.75. The second-order valence-corrected chi connectivity index (χ2v) is 10.7. The molecule has 2 heterocycles. The van der Waals surface area contributed by atoms with Crippen molar-refractivity contribution < 1.29 is 33.3 Å². The van der Waals surface area contributed by atoms with Crippen LogP contribution in [0.5, 0.6) is 29.0 Å². The number of carboxylic acids is 1. The Morgan fingerprint density at radius 2 is 1.71 bits per heavy atom. The average Bonchev–Trinajstić information content (AvgIpc) is 3.44. The van der Waals surface area contributed by atoms with E-state index in [-0.39, 0.29) is 28.6 Å². The van der Waals surface area contributed by atoms with Crippen molar-refractivity contribution in [3.05, 3.63) is 95.6 Å². The number of phenols is 1. The fourth-order valence-electron chi connectivity index (χ4n) is 4.75. The van der Waals surface area contributed by atoms with Crippen molar-refractivity contribution in [2.75, 3.05) is 25.0 Å². The zero-order valence-electron chi connectivity index (χ0n) is 24.6. The average molecular weight is 617 g/mol. The summed E-state index contributed by atoms with van der Waals surface area (Å²) in [6, 6.07) is 18.2. The highest BCUT2D eigenvalue weighted by Crippen LogP contribution is 2.44. The molecule has 0 unspecified atom stereocenters. The highest BCUT2D eigenvalue weighted by molar-refractivity contribution is 6.00. The van der Waals surface area contributed by atoms with Crippen LogP contribution in [-0.4, -0.2) is 63.4 Å². The summed E-state index contributed by atoms with van der Waals surface area (Å²) >= 11 is 0. The van der Waals surface area contributed by atoms with Gasteiger partial charge in [0.1, 0.15) is 28.6 Å². The van der Waals surface area contributed by atoms with E-state index in [1.807, 2.05) is 11.9 Å². The molecule has 0 saturated carbocycles. The van der Waals surface area contributed by atoms with Gasteiger partial charge in [-0.15, -0.1) is 0 Å². The molecule has 1 aliphatic rings. The first-order valence-electron chi connectivity index (χ1n) is 13.7. The van der Waals surface area contributed by atoms with Gasteiger partial charge in [-0.05, 0) is 56.3 Å². The van der Waals surface area contributed by atoms with Gasteiger partial charge in [0.2, 0.25) is 11.6 Å². The number of aromatic hydroxyl groups is 1. The number of nitrogen functional groups attached to an aromatic ring is 1. The van der Waals surface area contributed by atoms with Crippen LogP contribution in [0, 0.1) is 17.0 Å². The molecule has 0 radical (unpaired) electrons. The molecule has 5 N–H and O–H groups in total.